The van der Waals surface area contributed by atoms with Crippen LogP contribution in [0.2, 0.25) is 0 Å². The number of nitrogens with zero attached hydrogens (tertiary/aromatic N) is 2. The molecule has 1 aromatic carbocycles. The lowest BCUT2D eigenvalue weighted by atomic mass is 10.1. The Labute approximate surface area is 143 Å². The van der Waals surface area contributed by atoms with Gasteiger partial charge in [-0.1, -0.05) is 18.2 Å². The van der Waals surface area contributed by atoms with E-state index in [0.717, 1.165) is 34.8 Å². The fourth-order valence-corrected chi connectivity index (χ4v) is 2.44. The smallest absolute Gasteiger partial charge is 0.366 e. The van der Waals surface area contributed by atoms with Crippen LogP contribution < -0.4 is 5.32 Å². The summed E-state index contributed by atoms with van der Waals surface area (Å²) in [4.78, 5) is 4.45. The number of alkyl halides is 3. The SMILES string of the molecule is Cc1ccc(NCc2cn[nH]c2-c2ccc(C(F)(F)F)cc2)nc1C. The lowest BCUT2D eigenvalue weighted by Gasteiger charge is -2.09. The normalized spacial score (nSPS) is 11.6. The molecule has 3 aromatic rings. The van der Waals surface area contributed by atoms with Crippen molar-refractivity contribution in [2.45, 2.75) is 26.6 Å². The number of H-pyrrole nitrogens is 1. The largest absolute Gasteiger partial charge is 0.416 e. The third-order valence-electron chi connectivity index (χ3n) is 4.03. The Morgan fingerprint density at radius 1 is 1.04 bits per heavy atom. The van der Waals surface area contributed by atoms with E-state index < -0.39 is 11.7 Å². The summed E-state index contributed by atoms with van der Waals surface area (Å²) in [5, 5.41) is 10.1. The van der Waals surface area contributed by atoms with Gasteiger partial charge in [-0.25, -0.2) is 4.98 Å². The van der Waals surface area contributed by atoms with Crippen LogP contribution in [0.1, 0.15) is 22.4 Å². The standard InChI is InChI=1S/C18H17F3N4/c1-11-3-8-16(24-12(11)2)22-9-14-10-23-25-17(14)13-4-6-15(7-5-13)18(19,20)21/h3-8,10H,9H2,1-2H3,(H,22,24)(H,23,25). The van der Waals surface area contributed by atoms with E-state index in [0.29, 0.717) is 17.8 Å². The van der Waals surface area contributed by atoms with Crippen molar-refractivity contribution >= 4 is 5.82 Å². The number of aryl methyl sites for hydroxylation is 2. The maximum Gasteiger partial charge on any atom is 0.416 e. The van der Waals surface area contributed by atoms with E-state index in [1.54, 1.807) is 6.20 Å². The zero-order valence-electron chi connectivity index (χ0n) is 13.8. The summed E-state index contributed by atoms with van der Waals surface area (Å²) >= 11 is 0. The minimum Gasteiger partial charge on any atom is -0.366 e. The number of aromatic amines is 1. The topological polar surface area (TPSA) is 53.6 Å². The fourth-order valence-electron chi connectivity index (χ4n) is 2.44. The third kappa shape index (κ3) is 3.81. The Balaban J connectivity index is 1.77. The number of halogens is 3. The average molecular weight is 346 g/mol. The number of anilines is 1. The maximum absolute atomic E-state index is 12.7. The molecular weight excluding hydrogens is 329 g/mol. The van der Waals surface area contributed by atoms with Crippen LogP contribution >= 0.6 is 0 Å². The second-order valence-electron chi connectivity index (χ2n) is 5.80. The Morgan fingerprint density at radius 2 is 1.76 bits per heavy atom. The highest BCUT2D eigenvalue weighted by Crippen LogP contribution is 2.31. The van der Waals surface area contributed by atoms with Gasteiger partial charge in [0, 0.05) is 17.8 Å². The fraction of sp³-hybridized carbons (Fsp3) is 0.222. The van der Waals surface area contributed by atoms with E-state index in [-0.39, 0.29) is 0 Å². The highest BCUT2D eigenvalue weighted by molar-refractivity contribution is 5.63. The second-order valence-corrected chi connectivity index (χ2v) is 5.80. The number of hydrogen-bond donors (Lipinski definition) is 2. The molecule has 3 rings (SSSR count). The lowest BCUT2D eigenvalue weighted by Crippen LogP contribution is -2.05. The summed E-state index contributed by atoms with van der Waals surface area (Å²) in [6.07, 6.45) is -2.69. The quantitative estimate of drug-likeness (QED) is 0.719. The number of rotatable bonds is 4. The van der Waals surface area contributed by atoms with Crippen molar-refractivity contribution in [2.24, 2.45) is 0 Å². The molecule has 0 radical (unpaired) electrons. The van der Waals surface area contributed by atoms with E-state index in [2.05, 4.69) is 20.5 Å². The van der Waals surface area contributed by atoms with Gasteiger partial charge in [0.2, 0.25) is 0 Å². The zero-order valence-corrected chi connectivity index (χ0v) is 13.8. The highest BCUT2D eigenvalue weighted by Gasteiger charge is 2.30. The van der Waals surface area contributed by atoms with Gasteiger partial charge in [0.25, 0.3) is 0 Å². The van der Waals surface area contributed by atoms with Crippen LogP contribution in [0.5, 0.6) is 0 Å². The minimum atomic E-state index is -4.34. The summed E-state index contributed by atoms with van der Waals surface area (Å²) in [7, 11) is 0. The molecule has 0 saturated heterocycles. The van der Waals surface area contributed by atoms with E-state index in [4.69, 9.17) is 0 Å². The van der Waals surface area contributed by atoms with Gasteiger partial charge in [-0.15, -0.1) is 0 Å². The molecule has 0 aliphatic carbocycles. The molecule has 0 spiro atoms. The first-order valence-corrected chi connectivity index (χ1v) is 7.72. The van der Waals surface area contributed by atoms with Crippen molar-refractivity contribution in [2.75, 3.05) is 5.32 Å². The Morgan fingerprint density at radius 3 is 2.40 bits per heavy atom. The van der Waals surface area contributed by atoms with Gasteiger partial charge in [0.15, 0.2) is 0 Å². The number of benzene rings is 1. The summed E-state index contributed by atoms with van der Waals surface area (Å²) in [5.41, 5.74) is 3.56. The van der Waals surface area contributed by atoms with E-state index >= 15 is 0 Å². The predicted octanol–water partition coefficient (Wildman–Crippen LogP) is 4.72. The summed E-state index contributed by atoms with van der Waals surface area (Å²) in [5.74, 6) is 0.739. The summed E-state index contributed by atoms with van der Waals surface area (Å²) in [6, 6.07) is 8.88. The first kappa shape index (κ1) is 17.0. The van der Waals surface area contributed by atoms with Gasteiger partial charge in [0.1, 0.15) is 5.82 Å². The van der Waals surface area contributed by atoms with Crippen LogP contribution in [0.25, 0.3) is 11.3 Å². The molecule has 0 bridgehead atoms. The van der Waals surface area contributed by atoms with Crippen molar-refractivity contribution in [1.82, 2.24) is 15.2 Å². The molecule has 130 valence electrons. The van der Waals surface area contributed by atoms with Gasteiger partial charge in [-0.3, -0.25) is 5.10 Å². The monoisotopic (exact) mass is 346 g/mol. The van der Waals surface area contributed by atoms with Crippen molar-refractivity contribution < 1.29 is 13.2 Å². The van der Waals surface area contributed by atoms with Crippen LogP contribution in [0.4, 0.5) is 19.0 Å². The number of nitrogens with one attached hydrogen (secondary N) is 2. The molecule has 0 aliphatic heterocycles. The van der Waals surface area contributed by atoms with Crippen LogP contribution in [0.3, 0.4) is 0 Å². The van der Waals surface area contributed by atoms with Crippen molar-refractivity contribution in [3.8, 4) is 11.3 Å². The summed E-state index contributed by atoms with van der Waals surface area (Å²) in [6.45, 7) is 4.39. The summed E-state index contributed by atoms with van der Waals surface area (Å²) < 4.78 is 38.0. The Hall–Kier alpha value is -2.83. The first-order chi connectivity index (χ1) is 11.8. The highest BCUT2D eigenvalue weighted by atomic mass is 19.4. The van der Waals surface area contributed by atoms with Gasteiger partial charge in [-0.05, 0) is 43.2 Å². The molecule has 0 unspecified atom stereocenters. The van der Waals surface area contributed by atoms with Crippen LogP contribution in [0.15, 0.2) is 42.6 Å². The van der Waals surface area contributed by atoms with Crippen molar-refractivity contribution in [3.05, 3.63) is 65.0 Å². The number of aromatic nitrogens is 3. The molecule has 4 nitrogen and oxygen atoms in total. The van der Waals surface area contributed by atoms with E-state index in [1.807, 2.05) is 26.0 Å². The lowest BCUT2D eigenvalue weighted by molar-refractivity contribution is -0.137. The predicted molar refractivity (Wildman–Crippen MR) is 90.1 cm³/mol. The molecular formula is C18H17F3N4. The average Bonchev–Trinajstić information content (AvgIpc) is 3.04. The molecule has 25 heavy (non-hydrogen) atoms. The van der Waals surface area contributed by atoms with Gasteiger partial charge < -0.3 is 5.32 Å². The number of hydrogen-bond acceptors (Lipinski definition) is 3. The molecule has 0 aliphatic rings. The van der Waals surface area contributed by atoms with Crippen LogP contribution in [-0.2, 0) is 12.7 Å². The van der Waals surface area contributed by atoms with Gasteiger partial charge in [-0.2, -0.15) is 18.3 Å². The molecule has 2 aromatic heterocycles. The van der Waals surface area contributed by atoms with Gasteiger partial charge in [0.05, 0.1) is 17.5 Å². The Kier molecular flexibility index (Phi) is 4.48. The first-order valence-electron chi connectivity index (χ1n) is 7.72. The van der Waals surface area contributed by atoms with Crippen molar-refractivity contribution in [1.29, 1.82) is 0 Å². The molecule has 2 heterocycles. The third-order valence-corrected chi connectivity index (χ3v) is 4.03. The van der Waals surface area contributed by atoms with Crippen LogP contribution in [-0.4, -0.2) is 15.2 Å². The molecule has 2 N–H and O–H groups in total. The number of pyridine rings is 1. The Bertz CT molecular complexity index is 867. The second kappa shape index (κ2) is 6.58. The van der Waals surface area contributed by atoms with Crippen molar-refractivity contribution in [3.63, 3.8) is 0 Å². The van der Waals surface area contributed by atoms with Crippen LogP contribution in [0, 0.1) is 13.8 Å². The molecule has 0 atom stereocenters. The molecule has 0 amide bonds. The van der Waals surface area contributed by atoms with E-state index in [9.17, 15) is 13.2 Å². The zero-order chi connectivity index (χ0) is 18.0. The maximum atomic E-state index is 12.7. The molecule has 0 fully saturated rings. The molecule has 0 saturated carbocycles. The van der Waals surface area contributed by atoms with Gasteiger partial charge >= 0.3 is 6.18 Å². The molecule has 7 heteroatoms. The van der Waals surface area contributed by atoms with E-state index in [1.165, 1.54) is 12.1 Å². The minimum absolute atomic E-state index is 0.461.